The van der Waals surface area contributed by atoms with Crippen molar-refractivity contribution >= 4 is 5.97 Å². The zero-order valence-corrected chi connectivity index (χ0v) is 16.5. The first-order chi connectivity index (χ1) is 14.3. The molecule has 0 spiro atoms. The third-order valence-electron chi connectivity index (χ3n) is 5.57. The van der Waals surface area contributed by atoms with Gasteiger partial charge in [-0.3, -0.25) is 9.58 Å². The van der Waals surface area contributed by atoms with Gasteiger partial charge in [-0.25, -0.2) is 9.78 Å². The summed E-state index contributed by atoms with van der Waals surface area (Å²) >= 11 is 0. The second-order valence-electron chi connectivity index (χ2n) is 7.67. The zero-order valence-electron chi connectivity index (χ0n) is 16.5. The Balaban J connectivity index is 1.57. The van der Waals surface area contributed by atoms with Gasteiger partial charge in [-0.05, 0) is 31.0 Å². The number of carbonyl (C=O) groups excluding carboxylic acids is 1. The standard InChI is InChI=1S/C20H23F3N4O3/c1-2-6-26-9-14(10-27-12-24-11-25-27)29-18-8-15-13(7-16(18)26)4-3-5-17(15)30-19(28)20(21,22)23/h3-5,11-12,14,16,18H,2,6-10H2,1H3/t14-,16-,18-/m1/s1. The summed E-state index contributed by atoms with van der Waals surface area (Å²) in [4.78, 5) is 17.7. The van der Waals surface area contributed by atoms with Crippen LogP contribution in [0.4, 0.5) is 13.2 Å². The van der Waals surface area contributed by atoms with E-state index >= 15 is 0 Å². The molecular weight excluding hydrogens is 401 g/mol. The molecule has 0 unspecified atom stereocenters. The minimum Gasteiger partial charge on any atom is -0.420 e. The highest BCUT2D eigenvalue weighted by Crippen LogP contribution is 2.36. The number of benzene rings is 1. The van der Waals surface area contributed by atoms with Crippen LogP contribution in [0, 0.1) is 0 Å². The number of esters is 1. The van der Waals surface area contributed by atoms with Crippen LogP contribution in [0.3, 0.4) is 0 Å². The van der Waals surface area contributed by atoms with Gasteiger partial charge >= 0.3 is 12.1 Å². The van der Waals surface area contributed by atoms with Gasteiger partial charge in [0.2, 0.25) is 0 Å². The van der Waals surface area contributed by atoms with Crippen molar-refractivity contribution in [2.24, 2.45) is 0 Å². The third kappa shape index (κ3) is 4.34. The van der Waals surface area contributed by atoms with Crippen LogP contribution in [0.15, 0.2) is 30.9 Å². The van der Waals surface area contributed by atoms with Gasteiger partial charge in [0.05, 0.1) is 18.8 Å². The van der Waals surface area contributed by atoms with Crippen LogP contribution in [0.5, 0.6) is 5.75 Å². The van der Waals surface area contributed by atoms with Gasteiger partial charge in [-0.1, -0.05) is 19.1 Å². The van der Waals surface area contributed by atoms with Crippen molar-refractivity contribution in [1.29, 1.82) is 0 Å². The molecule has 3 atom stereocenters. The monoisotopic (exact) mass is 424 g/mol. The number of fused-ring (bicyclic) bond motifs is 2. The molecule has 4 rings (SSSR count). The van der Waals surface area contributed by atoms with E-state index < -0.39 is 12.1 Å². The molecule has 1 fully saturated rings. The fourth-order valence-electron chi connectivity index (χ4n) is 4.35. The number of hydrogen-bond acceptors (Lipinski definition) is 6. The molecule has 10 heteroatoms. The lowest BCUT2D eigenvalue weighted by Gasteiger charge is -2.47. The molecule has 30 heavy (non-hydrogen) atoms. The molecule has 0 radical (unpaired) electrons. The summed E-state index contributed by atoms with van der Waals surface area (Å²) in [5.41, 5.74) is 1.50. The van der Waals surface area contributed by atoms with Crippen LogP contribution in [0.1, 0.15) is 24.5 Å². The van der Waals surface area contributed by atoms with Crippen LogP contribution in [-0.4, -0.2) is 63.1 Å². The van der Waals surface area contributed by atoms with Crippen molar-refractivity contribution in [3.63, 3.8) is 0 Å². The first-order valence-electron chi connectivity index (χ1n) is 9.96. The lowest BCUT2D eigenvalue weighted by molar-refractivity contribution is -0.189. The van der Waals surface area contributed by atoms with E-state index in [0.29, 0.717) is 24.9 Å². The topological polar surface area (TPSA) is 69.5 Å². The van der Waals surface area contributed by atoms with E-state index in [1.54, 1.807) is 17.1 Å². The number of ether oxygens (including phenoxy) is 2. The smallest absolute Gasteiger partial charge is 0.420 e. The van der Waals surface area contributed by atoms with E-state index in [-0.39, 0.29) is 24.0 Å². The molecule has 1 aromatic carbocycles. The summed E-state index contributed by atoms with van der Waals surface area (Å²) in [5, 5.41) is 4.13. The van der Waals surface area contributed by atoms with Crippen molar-refractivity contribution in [3.8, 4) is 5.75 Å². The van der Waals surface area contributed by atoms with E-state index in [9.17, 15) is 18.0 Å². The Hall–Kier alpha value is -2.46. The van der Waals surface area contributed by atoms with Crippen LogP contribution in [-0.2, 0) is 28.9 Å². The summed E-state index contributed by atoms with van der Waals surface area (Å²) in [6.07, 6.45) is -0.277. The highest BCUT2D eigenvalue weighted by molar-refractivity contribution is 5.78. The van der Waals surface area contributed by atoms with Gasteiger partial charge in [0.1, 0.15) is 18.4 Å². The summed E-state index contributed by atoms with van der Waals surface area (Å²) in [7, 11) is 0. The van der Waals surface area contributed by atoms with E-state index in [4.69, 9.17) is 4.74 Å². The highest BCUT2D eigenvalue weighted by atomic mass is 19.4. The predicted molar refractivity (Wildman–Crippen MR) is 99.9 cm³/mol. The summed E-state index contributed by atoms with van der Waals surface area (Å²) in [5.74, 6) is -2.25. The number of hydrogen-bond donors (Lipinski definition) is 0. The molecule has 0 N–H and O–H groups in total. The molecule has 1 saturated heterocycles. The number of morpholine rings is 1. The summed E-state index contributed by atoms with van der Waals surface area (Å²) in [6, 6.07) is 5.03. The lowest BCUT2D eigenvalue weighted by atomic mass is 9.83. The normalized spacial score (nSPS) is 24.2. The molecule has 0 amide bonds. The van der Waals surface area contributed by atoms with Crippen molar-refractivity contribution in [3.05, 3.63) is 42.0 Å². The molecule has 7 nitrogen and oxygen atoms in total. The zero-order chi connectivity index (χ0) is 21.3. The predicted octanol–water partition coefficient (Wildman–Crippen LogP) is 2.39. The van der Waals surface area contributed by atoms with Crippen molar-refractivity contribution in [2.45, 2.75) is 57.2 Å². The van der Waals surface area contributed by atoms with Gasteiger partial charge < -0.3 is 9.47 Å². The molecule has 1 aliphatic heterocycles. The van der Waals surface area contributed by atoms with Gasteiger partial charge in [-0.15, -0.1) is 0 Å². The quantitative estimate of drug-likeness (QED) is 0.542. The number of carbonyl (C=O) groups is 1. The Kier molecular flexibility index (Phi) is 5.79. The largest absolute Gasteiger partial charge is 0.491 e. The van der Waals surface area contributed by atoms with Crippen molar-refractivity contribution in [2.75, 3.05) is 13.1 Å². The maximum Gasteiger partial charge on any atom is 0.491 e. The maximum atomic E-state index is 12.7. The van der Waals surface area contributed by atoms with Gasteiger partial charge in [0, 0.05) is 24.6 Å². The number of aromatic nitrogens is 3. The Bertz CT molecular complexity index is 888. The second kappa shape index (κ2) is 8.35. The first-order valence-corrected chi connectivity index (χ1v) is 9.96. The van der Waals surface area contributed by atoms with Crippen LogP contribution in [0.25, 0.3) is 0 Å². The molecule has 0 saturated carbocycles. The minimum absolute atomic E-state index is 0.0442. The first kappa shape index (κ1) is 20.8. The van der Waals surface area contributed by atoms with E-state index in [0.717, 1.165) is 25.1 Å². The molecular formula is C20H23F3N4O3. The SMILES string of the molecule is CCCN1C[C@H](Cn2cncn2)O[C@@H]2Cc3c(cccc3OC(=O)C(F)(F)F)C[C@H]21. The van der Waals surface area contributed by atoms with Gasteiger partial charge in [0.15, 0.2) is 0 Å². The maximum absolute atomic E-state index is 12.7. The Labute approximate surface area is 171 Å². The summed E-state index contributed by atoms with van der Waals surface area (Å²) in [6.45, 7) is 4.30. The Morgan fingerprint density at radius 1 is 1.33 bits per heavy atom. The highest BCUT2D eigenvalue weighted by Gasteiger charge is 2.44. The van der Waals surface area contributed by atoms with Crippen LogP contribution >= 0.6 is 0 Å². The molecule has 162 valence electrons. The molecule has 1 aliphatic carbocycles. The second-order valence-corrected chi connectivity index (χ2v) is 7.67. The van der Waals surface area contributed by atoms with E-state index in [1.807, 2.05) is 6.07 Å². The average molecular weight is 424 g/mol. The molecule has 2 heterocycles. The number of alkyl halides is 3. The minimum atomic E-state index is -5.04. The molecule has 2 aromatic rings. The van der Waals surface area contributed by atoms with E-state index in [2.05, 4.69) is 26.6 Å². The van der Waals surface area contributed by atoms with Crippen LogP contribution < -0.4 is 4.74 Å². The van der Waals surface area contributed by atoms with E-state index in [1.165, 1.54) is 12.4 Å². The Morgan fingerprint density at radius 2 is 2.17 bits per heavy atom. The molecule has 1 aromatic heterocycles. The Morgan fingerprint density at radius 3 is 2.87 bits per heavy atom. The van der Waals surface area contributed by atoms with Gasteiger partial charge in [-0.2, -0.15) is 18.3 Å². The molecule has 2 aliphatic rings. The van der Waals surface area contributed by atoms with Crippen molar-refractivity contribution < 1.29 is 27.4 Å². The van der Waals surface area contributed by atoms with Crippen molar-refractivity contribution in [1.82, 2.24) is 19.7 Å². The van der Waals surface area contributed by atoms with Gasteiger partial charge in [0.25, 0.3) is 0 Å². The molecule has 0 bridgehead atoms. The number of nitrogens with zero attached hydrogens (tertiary/aromatic N) is 4. The fourth-order valence-corrected chi connectivity index (χ4v) is 4.35. The number of rotatable bonds is 5. The lowest BCUT2D eigenvalue weighted by Crippen LogP contribution is -2.58. The van der Waals surface area contributed by atoms with Crippen LogP contribution in [0.2, 0.25) is 0 Å². The summed E-state index contributed by atoms with van der Waals surface area (Å²) < 4.78 is 50.8. The average Bonchev–Trinajstić information content (AvgIpc) is 3.19. The fraction of sp³-hybridized carbons (Fsp3) is 0.550. The third-order valence-corrected chi connectivity index (χ3v) is 5.57. The number of halogens is 3.